The summed E-state index contributed by atoms with van der Waals surface area (Å²) in [5.74, 6) is 0.757. The molecule has 140 valence electrons. The third-order valence-corrected chi connectivity index (χ3v) is 5.00. The number of nitrogens with one attached hydrogen (secondary N) is 1. The highest BCUT2D eigenvalue weighted by Crippen LogP contribution is 2.19. The fourth-order valence-corrected chi connectivity index (χ4v) is 3.51. The molecule has 0 spiro atoms. The Morgan fingerprint density at radius 3 is 2.62 bits per heavy atom. The van der Waals surface area contributed by atoms with Gasteiger partial charge in [0.2, 0.25) is 0 Å². The number of hydrogen-bond donors (Lipinski definition) is 1. The Labute approximate surface area is 155 Å². The molecule has 0 atom stereocenters. The lowest BCUT2D eigenvalue weighted by atomic mass is 9.96. The SMILES string of the molecule is Cc1ccc(OCn2ccc(C(=O)NC3CCCCCCC3)n2)c(C)c1. The average Bonchev–Trinajstić information content (AvgIpc) is 3.05. The summed E-state index contributed by atoms with van der Waals surface area (Å²) < 4.78 is 7.48. The van der Waals surface area contributed by atoms with Crippen molar-refractivity contribution in [3.05, 3.63) is 47.3 Å². The molecule has 1 heterocycles. The van der Waals surface area contributed by atoms with E-state index in [4.69, 9.17) is 4.74 Å². The fraction of sp³-hybridized carbons (Fsp3) is 0.524. The van der Waals surface area contributed by atoms with Crippen LogP contribution in [-0.2, 0) is 6.73 Å². The van der Waals surface area contributed by atoms with Crippen molar-refractivity contribution in [2.24, 2.45) is 0 Å². The van der Waals surface area contributed by atoms with Gasteiger partial charge >= 0.3 is 0 Å². The van der Waals surface area contributed by atoms with E-state index in [0.717, 1.165) is 24.2 Å². The zero-order valence-corrected chi connectivity index (χ0v) is 15.8. The number of ether oxygens (including phenoxy) is 1. The van der Waals surface area contributed by atoms with Crippen LogP contribution in [-0.4, -0.2) is 21.7 Å². The molecule has 0 unspecified atom stereocenters. The van der Waals surface area contributed by atoms with Crippen LogP contribution in [0.5, 0.6) is 5.75 Å². The first kappa shape index (κ1) is 18.5. The summed E-state index contributed by atoms with van der Waals surface area (Å²) in [7, 11) is 0. The van der Waals surface area contributed by atoms with E-state index in [0.29, 0.717) is 12.4 Å². The van der Waals surface area contributed by atoms with Crippen LogP contribution >= 0.6 is 0 Å². The van der Waals surface area contributed by atoms with Gasteiger partial charge in [-0.15, -0.1) is 0 Å². The molecule has 3 rings (SSSR count). The molecule has 5 heteroatoms. The molecule has 0 bridgehead atoms. The summed E-state index contributed by atoms with van der Waals surface area (Å²) in [5, 5.41) is 7.51. The normalized spacial score (nSPS) is 15.9. The Hall–Kier alpha value is -2.30. The van der Waals surface area contributed by atoms with Crippen molar-refractivity contribution in [2.75, 3.05) is 0 Å². The van der Waals surface area contributed by atoms with Crippen LogP contribution in [0.15, 0.2) is 30.5 Å². The van der Waals surface area contributed by atoms with E-state index in [9.17, 15) is 4.79 Å². The summed E-state index contributed by atoms with van der Waals surface area (Å²) in [6, 6.07) is 8.12. The maximum Gasteiger partial charge on any atom is 0.271 e. The van der Waals surface area contributed by atoms with E-state index >= 15 is 0 Å². The molecule has 2 aromatic rings. The van der Waals surface area contributed by atoms with E-state index < -0.39 is 0 Å². The van der Waals surface area contributed by atoms with E-state index in [1.165, 1.54) is 37.7 Å². The van der Waals surface area contributed by atoms with Gasteiger partial charge in [0.15, 0.2) is 6.73 Å². The molecule has 1 amide bonds. The number of nitrogens with zero attached hydrogens (tertiary/aromatic N) is 2. The maximum atomic E-state index is 12.5. The van der Waals surface area contributed by atoms with Gasteiger partial charge in [0.05, 0.1) is 0 Å². The van der Waals surface area contributed by atoms with Crippen LogP contribution in [0.3, 0.4) is 0 Å². The lowest BCUT2D eigenvalue weighted by Gasteiger charge is -2.20. The van der Waals surface area contributed by atoms with Crippen LogP contribution in [0.1, 0.15) is 66.6 Å². The Balaban J connectivity index is 1.54. The molecular weight excluding hydrogens is 326 g/mol. The van der Waals surface area contributed by atoms with Gasteiger partial charge in [0, 0.05) is 12.2 Å². The molecule has 1 aromatic heterocycles. The molecule has 5 nitrogen and oxygen atoms in total. The van der Waals surface area contributed by atoms with Crippen molar-refractivity contribution >= 4 is 5.91 Å². The summed E-state index contributed by atoms with van der Waals surface area (Å²) in [6.45, 7) is 4.38. The van der Waals surface area contributed by atoms with Crippen molar-refractivity contribution < 1.29 is 9.53 Å². The van der Waals surface area contributed by atoms with Gasteiger partial charge in [-0.05, 0) is 44.4 Å². The number of carbonyl (C=O) groups is 1. The molecule has 26 heavy (non-hydrogen) atoms. The molecule has 1 aliphatic carbocycles. The van der Waals surface area contributed by atoms with Gasteiger partial charge < -0.3 is 10.1 Å². The second kappa shape index (κ2) is 8.88. The van der Waals surface area contributed by atoms with Crippen LogP contribution in [0, 0.1) is 13.8 Å². The third-order valence-electron chi connectivity index (χ3n) is 5.00. The quantitative estimate of drug-likeness (QED) is 0.866. The number of aryl methyl sites for hydroxylation is 2. The molecule has 0 aliphatic heterocycles. The minimum Gasteiger partial charge on any atom is -0.471 e. The smallest absolute Gasteiger partial charge is 0.271 e. The number of amides is 1. The minimum absolute atomic E-state index is 0.0826. The first-order valence-corrected chi connectivity index (χ1v) is 9.66. The molecule has 1 N–H and O–H groups in total. The van der Waals surface area contributed by atoms with Gasteiger partial charge in [0.25, 0.3) is 5.91 Å². The van der Waals surface area contributed by atoms with E-state index in [2.05, 4.69) is 23.4 Å². The Morgan fingerprint density at radius 2 is 1.88 bits per heavy atom. The van der Waals surface area contributed by atoms with E-state index in [1.807, 2.05) is 19.1 Å². The fourth-order valence-electron chi connectivity index (χ4n) is 3.51. The number of rotatable bonds is 5. The van der Waals surface area contributed by atoms with Crippen molar-refractivity contribution in [3.63, 3.8) is 0 Å². The highest BCUT2D eigenvalue weighted by molar-refractivity contribution is 5.92. The summed E-state index contributed by atoms with van der Waals surface area (Å²) in [5.41, 5.74) is 2.76. The van der Waals surface area contributed by atoms with Crippen LogP contribution < -0.4 is 10.1 Å². The molecule has 0 saturated heterocycles. The molecule has 1 aliphatic rings. The van der Waals surface area contributed by atoms with Gasteiger partial charge in [-0.25, -0.2) is 4.68 Å². The van der Waals surface area contributed by atoms with E-state index in [1.54, 1.807) is 16.9 Å². The Kier molecular flexibility index (Phi) is 6.31. The summed E-state index contributed by atoms with van der Waals surface area (Å²) in [6.07, 6.45) is 10.2. The summed E-state index contributed by atoms with van der Waals surface area (Å²) in [4.78, 5) is 12.5. The predicted octanol–water partition coefficient (Wildman–Crippen LogP) is 4.38. The Bertz CT molecular complexity index is 731. The van der Waals surface area contributed by atoms with E-state index in [-0.39, 0.29) is 11.9 Å². The number of aromatic nitrogens is 2. The topological polar surface area (TPSA) is 56.1 Å². The van der Waals surface area contributed by atoms with Gasteiger partial charge in [0.1, 0.15) is 11.4 Å². The number of carbonyl (C=O) groups excluding carboxylic acids is 1. The molecule has 1 fully saturated rings. The third kappa shape index (κ3) is 5.10. The zero-order chi connectivity index (χ0) is 18.4. The molecular formula is C21H29N3O2. The second-order valence-electron chi connectivity index (χ2n) is 7.30. The largest absolute Gasteiger partial charge is 0.471 e. The van der Waals surface area contributed by atoms with Crippen LogP contribution in [0.2, 0.25) is 0 Å². The van der Waals surface area contributed by atoms with Gasteiger partial charge in [-0.3, -0.25) is 4.79 Å². The lowest BCUT2D eigenvalue weighted by Crippen LogP contribution is -2.35. The minimum atomic E-state index is -0.0826. The first-order chi connectivity index (χ1) is 12.6. The number of hydrogen-bond acceptors (Lipinski definition) is 3. The van der Waals surface area contributed by atoms with Crippen LogP contribution in [0.4, 0.5) is 0 Å². The highest BCUT2D eigenvalue weighted by atomic mass is 16.5. The second-order valence-corrected chi connectivity index (χ2v) is 7.30. The van der Waals surface area contributed by atoms with Crippen molar-refractivity contribution in [1.82, 2.24) is 15.1 Å². The molecule has 0 radical (unpaired) electrons. The maximum absolute atomic E-state index is 12.5. The van der Waals surface area contributed by atoms with Crippen molar-refractivity contribution in [1.29, 1.82) is 0 Å². The lowest BCUT2D eigenvalue weighted by molar-refractivity contribution is 0.0923. The number of benzene rings is 1. The Morgan fingerprint density at radius 1 is 1.15 bits per heavy atom. The van der Waals surface area contributed by atoms with Gasteiger partial charge in [-0.1, -0.05) is 49.8 Å². The monoisotopic (exact) mass is 355 g/mol. The first-order valence-electron chi connectivity index (χ1n) is 9.66. The van der Waals surface area contributed by atoms with Crippen LogP contribution in [0.25, 0.3) is 0 Å². The van der Waals surface area contributed by atoms with Crippen molar-refractivity contribution in [2.45, 2.75) is 71.6 Å². The average molecular weight is 355 g/mol. The summed E-state index contributed by atoms with van der Waals surface area (Å²) >= 11 is 0. The molecule has 1 aromatic carbocycles. The standard InChI is InChI=1S/C21H29N3O2/c1-16-10-11-20(17(2)14-16)26-15-24-13-12-19(23-24)21(25)22-18-8-6-4-3-5-7-9-18/h10-14,18H,3-9,15H2,1-2H3,(H,22,25). The van der Waals surface area contributed by atoms with Gasteiger partial charge in [-0.2, -0.15) is 5.10 Å². The van der Waals surface area contributed by atoms with Crippen molar-refractivity contribution in [3.8, 4) is 5.75 Å². The predicted molar refractivity (Wildman–Crippen MR) is 102 cm³/mol. The molecule has 1 saturated carbocycles. The zero-order valence-electron chi connectivity index (χ0n) is 15.8. The highest BCUT2D eigenvalue weighted by Gasteiger charge is 2.17.